The van der Waals surface area contributed by atoms with Gasteiger partial charge in [-0.25, -0.2) is 0 Å². The molecule has 0 fully saturated rings. The number of hydrogen-bond donors (Lipinski definition) is 1. The van der Waals surface area contributed by atoms with Crippen molar-refractivity contribution in [2.45, 2.75) is 20.5 Å². The van der Waals surface area contributed by atoms with Crippen molar-refractivity contribution in [3.8, 4) is 5.88 Å². The molecule has 0 saturated heterocycles. The molecule has 94 valence electrons. The van der Waals surface area contributed by atoms with Crippen molar-refractivity contribution in [3.63, 3.8) is 0 Å². The molecule has 2 rings (SSSR count). The second-order valence-corrected chi connectivity index (χ2v) is 3.97. The first-order valence-corrected chi connectivity index (χ1v) is 5.56. The molecule has 0 aliphatic carbocycles. The van der Waals surface area contributed by atoms with E-state index in [1.54, 1.807) is 6.92 Å². The van der Waals surface area contributed by atoms with Crippen molar-refractivity contribution in [1.29, 1.82) is 0 Å². The second-order valence-electron chi connectivity index (χ2n) is 3.97. The van der Waals surface area contributed by atoms with Gasteiger partial charge in [0.25, 0.3) is 5.56 Å². The van der Waals surface area contributed by atoms with Crippen molar-refractivity contribution in [2.24, 2.45) is 0 Å². The molecule has 0 aliphatic rings. The van der Waals surface area contributed by atoms with Gasteiger partial charge in [0.2, 0.25) is 5.88 Å². The fraction of sp³-hybridized carbons (Fsp3) is 0.231. The number of benzene rings is 1. The SMILES string of the molecule is Cc1c(O)nc(C)n(OCc2ccccc2)c1=O. The van der Waals surface area contributed by atoms with Crippen LogP contribution < -0.4 is 10.4 Å². The molecule has 0 bridgehead atoms. The van der Waals surface area contributed by atoms with Crippen LogP contribution in [0.4, 0.5) is 0 Å². The Labute approximate surface area is 104 Å². The molecule has 5 heteroatoms. The van der Waals surface area contributed by atoms with E-state index in [4.69, 9.17) is 4.84 Å². The molecule has 0 unspecified atom stereocenters. The molecule has 0 spiro atoms. The number of nitrogens with zero attached hydrogens (tertiary/aromatic N) is 2. The number of rotatable bonds is 3. The third-order valence-electron chi connectivity index (χ3n) is 2.61. The third-order valence-corrected chi connectivity index (χ3v) is 2.61. The molecule has 0 amide bonds. The average molecular weight is 246 g/mol. The lowest BCUT2D eigenvalue weighted by molar-refractivity contribution is 0.0800. The minimum atomic E-state index is -0.393. The van der Waals surface area contributed by atoms with Crippen molar-refractivity contribution < 1.29 is 9.94 Å². The highest BCUT2D eigenvalue weighted by Crippen LogP contribution is 2.07. The zero-order valence-electron chi connectivity index (χ0n) is 10.3. The standard InChI is InChI=1S/C13H14N2O3/c1-9-12(16)14-10(2)15(13(9)17)18-8-11-6-4-3-5-7-11/h3-7,16H,8H2,1-2H3. The Morgan fingerprint density at radius 1 is 1.28 bits per heavy atom. The van der Waals surface area contributed by atoms with E-state index in [1.165, 1.54) is 6.92 Å². The molecule has 18 heavy (non-hydrogen) atoms. The Balaban J connectivity index is 2.25. The van der Waals surface area contributed by atoms with Crippen molar-refractivity contribution >= 4 is 0 Å². The summed E-state index contributed by atoms with van der Waals surface area (Å²) in [7, 11) is 0. The molecule has 1 aromatic heterocycles. The Morgan fingerprint density at radius 3 is 2.61 bits per heavy atom. The highest BCUT2D eigenvalue weighted by molar-refractivity contribution is 5.20. The Hall–Kier alpha value is -2.30. The average Bonchev–Trinajstić information content (AvgIpc) is 2.37. The van der Waals surface area contributed by atoms with Gasteiger partial charge in [-0.05, 0) is 19.4 Å². The Morgan fingerprint density at radius 2 is 1.94 bits per heavy atom. The van der Waals surface area contributed by atoms with Crippen LogP contribution in [0.5, 0.6) is 5.88 Å². The molecular weight excluding hydrogens is 232 g/mol. The number of aromatic nitrogens is 2. The predicted molar refractivity (Wildman–Crippen MR) is 66.4 cm³/mol. The van der Waals surface area contributed by atoms with Gasteiger partial charge in [0.15, 0.2) is 0 Å². The highest BCUT2D eigenvalue weighted by Gasteiger charge is 2.10. The van der Waals surface area contributed by atoms with Gasteiger partial charge in [0.1, 0.15) is 12.4 Å². The lowest BCUT2D eigenvalue weighted by Gasteiger charge is -2.12. The maximum atomic E-state index is 11.9. The maximum absolute atomic E-state index is 11.9. The normalized spacial score (nSPS) is 10.3. The van der Waals surface area contributed by atoms with Gasteiger partial charge in [-0.1, -0.05) is 30.3 Å². The van der Waals surface area contributed by atoms with E-state index in [0.29, 0.717) is 5.82 Å². The third kappa shape index (κ3) is 2.34. The minimum absolute atomic E-state index is 0.175. The second kappa shape index (κ2) is 4.91. The van der Waals surface area contributed by atoms with Crippen LogP contribution in [0.1, 0.15) is 17.0 Å². The predicted octanol–water partition coefficient (Wildman–Crippen LogP) is 1.19. The van der Waals surface area contributed by atoms with E-state index < -0.39 is 5.56 Å². The molecule has 0 aliphatic heterocycles. The number of hydrogen-bond acceptors (Lipinski definition) is 4. The maximum Gasteiger partial charge on any atom is 0.293 e. The van der Waals surface area contributed by atoms with E-state index >= 15 is 0 Å². The van der Waals surface area contributed by atoms with Crippen molar-refractivity contribution in [1.82, 2.24) is 9.71 Å². The lowest BCUT2D eigenvalue weighted by Crippen LogP contribution is -2.31. The summed E-state index contributed by atoms with van der Waals surface area (Å²) in [5, 5.41) is 9.41. The first-order valence-electron chi connectivity index (χ1n) is 5.56. The van der Waals surface area contributed by atoms with Crippen LogP contribution in [0.15, 0.2) is 35.1 Å². The number of aromatic hydroxyl groups is 1. The van der Waals surface area contributed by atoms with E-state index in [-0.39, 0.29) is 18.1 Å². The van der Waals surface area contributed by atoms with E-state index in [0.717, 1.165) is 10.3 Å². The Bertz CT molecular complexity index is 606. The molecule has 0 radical (unpaired) electrons. The zero-order chi connectivity index (χ0) is 13.1. The molecule has 0 atom stereocenters. The molecule has 1 aromatic carbocycles. The van der Waals surface area contributed by atoms with Gasteiger partial charge >= 0.3 is 0 Å². The van der Waals surface area contributed by atoms with Crippen molar-refractivity contribution in [2.75, 3.05) is 0 Å². The van der Waals surface area contributed by atoms with Crippen LogP contribution in [0, 0.1) is 13.8 Å². The van der Waals surface area contributed by atoms with Crippen LogP contribution in [0.3, 0.4) is 0 Å². The van der Waals surface area contributed by atoms with E-state index in [9.17, 15) is 9.90 Å². The fourth-order valence-corrected chi connectivity index (χ4v) is 1.54. The minimum Gasteiger partial charge on any atom is -0.493 e. The number of aryl methyl sites for hydroxylation is 1. The fourth-order valence-electron chi connectivity index (χ4n) is 1.54. The first-order chi connectivity index (χ1) is 8.59. The van der Waals surface area contributed by atoms with Crippen LogP contribution >= 0.6 is 0 Å². The summed E-state index contributed by atoms with van der Waals surface area (Å²) in [5.74, 6) is 0.0658. The summed E-state index contributed by atoms with van der Waals surface area (Å²) in [6.07, 6.45) is 0. The topological polar surface area (TPSA) is 64.3 Å². The largest absolute Gasteiger partial charge is 0.493 e. The quantitative estimate of drug-likeness (QED) is 0.883. The molecule has 2 aromatic rings. The van der Waals surface area contributed by atoms with Crippen LogP contribution in [-0.2, 0) is 6.61 Å². The summed E-state index contributed by atoms with van der Waals surface area (Å²) in [6.45, 7) is 3.38. The first kappa shape index (κ1) is 12.2. The van der Waals surface area contributed by atoms with E-state index in [2.05, 4.69) is 4.98 Å². The molecule has 5 nitrogen and oxygen atoms in total. The molecule has 1 heterocycles. The van der Waals surface area contributed by atoms with Crippen molar-refractivity contribution in [3.05, 3.63) is 57.6 Å². The molecule has 0 saturated carbocycles. The van der Waals surface area contributed by atoms with E-state index in [1.807, 2.05) is 30.3 Å². The van der Waals surface area contributed by atoms with Gasteiger partial charge in [-0.15, -0.1) is 4.73 Å². The lowest BCUT2D eigenvalue weighted by atomic mass is 10.2. The summed E-state index contributed by atoms with van der Waals surface area (Å²) in [6, 6.07) is 9.51. The van der Waals surface area contributed by atoms with Crippen LogP contribution in [0.2, 0.25) is 0 Å². The summed E-state index contributed by atoms with van der Waals surface area (Å²) in [5.41, 5.74) is 0.735. The zero-order valence-corrected chi connectivity index (χ0v) is 10.3. The Kier molecular flexibility index (Phi) is 3.32. The van der Waals surface area contributed by atoms with Gasteiger partial charge in [0, 0.05) is 0 Å². The van der Waals surface area contributed by atoms with Gasteiger partial charge < -0.3 is 9.94 Å². The molecule has 1 N–H and O–H groups in total. The smallest absolute Gasteiger partial charge is 0.293 e. The van der Waals surface area contributed by atoms with Gasteiger partial charge in [-0.3, -0.25) is 4.79 Å². The van der Waals surface area contributed by atoms with Gasteiger partial charge in [0.05, 0.1) is 5.56 Å². The summed E-state index contributed by atoms with van der Waals surface area (Å²) >= 11 is 0. The van der Waals surface area contributed by atoms with Gasteiger partial charge in [-0.2, -0.15) is 4.98 Å². The van der Waals surface area contributed by atoms with Crippen LogP contribution in [0.25, 0.3) is 0 Å². The summed E-state index contributed by atoms with van der Waals surface area (Å²) in [4.78, 5) is 21.1. The van der Waals surface area contributed by atoms with Crippen LogP contribution in [-0.4, -0.2) is 14.8 Å². The summed E-state index contributed by atoms with van der Waals surface area (Å²) < 4.78 is 1.10. The monoisotopic (exact) mass is 246 g/mol. The highest BCUT2D eigenvalue weighted by atomic mass is 16.7. The molecular formula is C13H14N2O3.